The summed E-state index contributed by atoms with van der Waals surface area (Å²) in [4.78, 5) is 13.7. The van der Waals surface area contributed by atoms with Crippen LogP contribution in [0.4, 0.5) is 0 Å². The van der Waals surface area contributed by atoms with Crippen molar-refractivity contribution < 1.29 is 4.79 Å². The van der Waals surface area contributed by atoms with E-state index in [1.807, 2.05) is 0 Å². The first-order chi connectivity index (χ1) is 6.29. The molecule has 74 valence electrons. The molecule has 0 aliphatic carbocycles. The highest BCUT2D eigenvalue weighted by Gasteiger charge is 2.37. The third-order valence-electron chi connectivity index (χ3n) is 3.31. The van der Waals surface area contributed by atoms with Gasteiger partial charge in [0, 0.05) is 6.04 Å². The van der Waals surface area contributed by atoms with Crippen LogP contribution in [-0.2, 0) is 4.79 Å². The minimum atomic E-state index is -0.196. The number of Topliss-reactive ketones (excluding diaryl/α,β-unsaturated/α-hetero) is 1. The van der Waals surface area contributed by atoms with Crippen molar-refractivity contribution in [2.24, 2.45) is 5.73 Å². The summed E-state index contributed by atoms with van der Waals surface area (Å²) in [6, 6.07) is 0.158. The Morgan fingerprint density at radius 3 is 2.85 bits per heavy atom. The Hall–Kier alpha value is -0.410. The van der Waals surface area contributed by atoms with Crippen molar-refractivity contribution in [1.29, 1.82) is 0 Å². The van der Waals surface area contributed by atoms with Crippen molar-refractivity contribution in [2.75, 3.05) is 13.1 Å². The molecule has 0 bridgehead atoms. The monoisotopic (exact) mass is 182 g/mol. The van der Waals surface area contributed by atoms with Gasteiger partial charge in [-0.3, -0.25) is 9.69 Å². The summed E-state index contributed by atoms with van der Waals surface area (Å²) >= 11 is 0. The summed E-state index contributed by atoms with van der Waals surface area (Å²) < 4.78 is 0. The first kappa shape index (κ1) is 9.16. The smallest absolute Gasteiger partial charge is 0.165 e. The largest absolute Gasteiger partial charge is 0.320 e. The van der Waals surface area contributed by atoms with E-state index in [4.69, 9.17) is 5.73 Å². The van der Waals surface area contributed by atoms with Crippen molar-refractivity contribution in [3.05, 3.63) is 0 Å². The van der Waals surface area contributed by atoms with Gasteiger partial charge in [0.2, 0.25) is 0 Å². The molecule has 1 unspecified atom stereocenters. The predicted octanol–water partition coefficient (Wildman–Crippen LogP) is 0.531. The van der Waals surface area contributed by atoms with Gasteiger partial charge in [-0.15, -0.1) is 0 Å². The Morgan fingerprint density at radius 2 is 2.00 bits per heavy atom. The van der Waals surface area contributed by atoms with Gasteiger partial charge >= 0.3 is 0 Å². The van der Waals surface area contributed by atoms with Crippen LogP contribution in [0.15, 0.2) is 0 Å². The molecular formula is C10H18N2O. The second-order valence-corrected chi connectivity index (χ2v) is 4.23. The minimum Gasteiger partial charge on any atom is -0.320 e. The summed E-state index contributed by atoms with van der Waals surface area (Å²) in [5.74, 6) is 0.243. The zero-order chi connectivity index (χ0) is 9.26. The Bertz CT molecular complexity index is 205. The Kier molecular flexibility index (Phi) is 2.65. The molecule has 13 heavy (non-hydrogen) atoms. The van der Waals surface area contributed by atoms with Crippen LogP contribution < -0.4 is 5.73 Å². The topological polar surface area (TPSA) is 46.3 Å². The van der Waals surface area contributed by atoms with E-state index in [0.717, 1.165) is 13.0 Å². The van der Waals surface area contributed by atoms with E-state index in [1.165, 1.54) is 25.7 Å². The number of hydrogen-bond donors (Lipinski definition) is 1. The summed E-state index contributed by atoms with van der Waals surface area (Å²) in [5.41, 5.74) is 5.86. The Morgan fingerprint density at radius 1 is 1.23 bits per heavy atom. The lowest BCUT2D eigenvalue weighted by Gasteiger charge is -2.27. The summed E-state index contributed by atoms with van der Waals surface area (Å²) in [6.45, 7) is 1.68. The van der Waals surface area contributed by atoms with Gasteiger partial charge < -0.3 is 5.73 Å². The number of carbonyl (C=O) groups excluding carboxylic acids is 1. The van der Waals surface area contributed by atoms with Crippen molar-refractivity contribution in [3.8, 4) is 0 Å². The normalized spacial score (nSPS) is 36.8. The zero-order valence-corrected chi connectivity index (χ0v) is 8.04. The molecule has 2 N–H and O–H groups in total. The fourth-order valence-corrected chi connectivity index (χ4v) is 2.49. The highest BCUT2D eigenvalue weighted by Crippen LogP contribution is 2.22. The molecule has 2 rings (SSSR count). The molecule has 0 spiro atoms. The zero-order valence-electron chi connectivity index (χ0n) is 8.04. The number of rotatable bonds is 0. The van der Waals surface area contributed by atoms with Crippen LogP contribution >= 0.6 is 0 Å². The number of carbonyl (C=O) groups is 1. The highest BCUT2D eigenvalue weighted by molar-refractivity contribution is 5.88. The van der Waals surface area contributed by atoms with Crippen molar-refractivity contribution in [1.82, 2.24) is 4.90 Å². The molecule has 2 aliphatic heterocycles. The average molecular weight is 182 g/mol. The molecule has 0 aromatic heterocycles. The van der Waals surface area contributed by atoms with Crippen LogP contribution in [-0.4, -0.2) is 35.9 Å². The maximum atomic E-state index is 11.4. The Balaban J connectivity index is 2.04. The van der Waals surface area contributed by atoms with E-state index < -0.39 is 0 Å². The maximum Gasteiger partial charge on any atom is 0.165 e. The molecule has 2 fully saturated rings. The number of hydrogen-bond acceptors (Lipinski definition) is 3. The maximum absolute atomic E-state index is 11.4. The molecule has 3 nitrogen and oxygen atoms in total. The van der Waals surface area contributed by atoms with E-state index in [9.17, 15) is 4.79 Å². The van der Waals surface area contributed by atoms with E-state index in [-0.39, 0.29) is 11.8 Å². The average Bonchev–Trinajstić information content (AvgIpc) is 2.31. The lowest BCUT2D eigenvalue weighted by atomic mass is 9.99. The van der Waals surface area contributed by atoms with Crippen molar-refractivity contribution in [3.63, 3.8) is 0 Å². The fraction of sp³-hybridized carbons (Fsp3) is 0.900. The van der Waals surface area contributed by atoms with Crippen LogP contribution in [0, 0.1) is 0 Å². The molecule has 0 saturated carbocycles. The van der Waals surface area contributed by atoms with Crippen molar-refractivity contribution in [2.45, 2.75) is 44.2 Å². The summed E-state index contributed by atoms with van der Waals surface area (Å²) in [5, 5.41) is 0. The minimum absolute atomic E-state index is 0.196. The standard InChI is InChI=1S/C10H18N2O/c11-10-8-5-3-1-2-4-6-12(8)7-9(10)13/h8,10H,1-7,11H2/t8?,10-/m0/s1. The quantitative estimate of drug-likeness (QED) is 0.594. The van der Waals surface area contributed by atoms with E-state index in [1.54, 1.807) is 0 Å². The SMILES string of the molecule is N[C@@H]1C(=O)CN2CCCCCCC12. The van der Waals surface area contributed by atoms with Crippen LogP contribution in [0.5, 0.6) is 0 Å². The lowest BCUT2D eigenvalue weighted by Crippen LogP contribution is -2.41. The van der Waals surface area contributed by atoms with Gasteiger partial charge in [0.05, 0.1) is 12.6 Å². The second kappa shape index (κ2) is 3.76. The Labute approximate surface area is 79.3 Å². The number of fused-ring (bicyclic) bond motifs is 1. The van der Waals surface area contributed by atoms with Gasteiger partial charge in [0.15, 0.2) is 5.78 Å². The second-order valence-electron chi connectivity index (χ2n) is 4.23. The van der Waals surface area contributed by atoms with Crippen LogP contribution in [0.3, 0.4) is 0 Å². The van der Waals surface area contributed by atoms with Gasteiger partial charge in [-0.05, 0) is 19.4 Å². The first-order valence-electron chi connectivity index (χ1n) is 5.31. The van der Waals surface area contributed by atoms with Gasteiger partial charge in [0.1, 0.15) is 0 Å². The van der Waals surface area contributed by atoms with Crippen LogP contribution in [0.25, 0.3) is 0 Å². The summed E-state index contributed by atoms with van der Waals surface area (Å²) in [7, 11) is 0. The fourth-order valence-electron chi connectivity index (χ4n) is 2.49. The number of nitrogens with zero attached hydrogens (tertiary/aromatic N) is 1. The van der Waals surface area contributed by atoms with E-state index in [2.05, 4.69) is 4.90 Å². The number of ketones is 1. The molecule has 0 aromatic rings. The van der Waals surface area contributed by atoms with Gasteiger partial charge in [-0.25, -0.2) is 0 Å². The van der Waals surface area contributed by atoms with Gasteiger partial charge in [-0.1, -0.05) is 19.3 Å². The molecule has 2 heterocycles. The molecule has 0 amide bonds. The van der Waals surface area contributed by atoms with Gasteiger partial charge in [-0.2, -0.15) is 0 Å². The molecule has 3 heteroatoms. The molecule has 0 radical (unpaired) electrons. The molecule has 0 aromatic carbocycles. The van der Waals surface area contributed by atoms with Crippen LogP contribution in [0.1, 0.15) is 32.1 Å². The third kappa shape index (κ3) is 1.76. The molecular weight excluding hydrogens is 164 g/mol. The predicted molar refractivity (Wildman–Crippen MR) is 51.4 cm³/mol. The molecule has 2 saturated heterocycles. The van der Waals surface area contributed by atoms with E-state index >= 15 is 0 Å². The highest BCUT2D eigenvalue weighted by atomic mass is 16.1. The van der Waals surface area contributed by atoms with E-state index in [0.29, 0.717) is 12.6 Å². The third-order valence-corrected chi connectivity index (χ3v) is 3.31. The first-order valence-corrected chi connectivity index (χ1v) is 5.31. The summed E-state index contributed by atoms with van der Waals surface area (Å²) in [6.07, 6.45) is 6.21. The lowest BCUT2D eigenvalue weighted by molar-refractivity contribution is -0.117. The molecule has 2 atom stereocenters. The molecule has 2 aliphatic rings. The number of nitrogens with two attached hydrogens (primary N) is 1. The van der Waals surface area contributed by atoms with Crippen molar-refractivity contribution >= 4 is 5.78 Å². The van der Waals surface area contributed by atoms with Crippen LogP contribution in [0.2, 0.25) is 0 Å². The van der Waals surface area contributed by atoms with Gasteiger partial charge in [0.25, 0.3) is 0 Å².